The Hall–Kier alpha value is -1.13. The Bertz CT molecular complexity index is 550. The fourth-order valence-corrected chi connectivity index (χ4v) is 7.19. The maximum Gasteiger partial charge on any atom is -0.0100 e. The molecule has 1 aliphatic carbocycles. The third kappa shape index (κ3) is 3.86. The maximum atomic E-state index is 2.49. The molecule has 0 unspecified atom stereocenters. The van der Waals surface area contributed by atoms with Crippen LogP contribution in [0.1, 0.15) is 40.0 Å². The normalized spacial score (nSPS) is 25.0. The summed E-state index contributed by atoms with van der Waals surface area (Å²) in [5.74, 6) is 2.54. The van der Waals surface area contributed by atoms with Crippen molar-refractivity contribution >= 4 is 18.5 Å². The third-order valence-electron chi connectivity index (χ3n) is 5.54. The van der Waals surface area contributed by atoms with Crippen LogP contribution < -0.4 is 10.6 Å². The van der Waals surface area contributed by atoms with Gasteiger partial charge in [-0.25, -0.2) is 0 Å². The van der Waals surface area contributed by atoms with Crippen molar-refractivity contribution in [3.63, 3.8) is 0 Å². The zero-order valence-corrected chi connectivity index (χ0v) is 15.5. The van der Waals surface area contributed by atoms with Crippen LogP contribution in [0, 0.1) is 17.8 Å². The van der Waals surface area contributed by atoms with E-state index in [0.717, 1.165) is 23.4 Å². The molecule has 0 amide bonds. The smallest absolute Gasteiger partial charge is 0.0100 e. The largest absolute Gasteiger partial charge is 0.0625 e. The van der Waals surface area contributed by atoms with Crippen molar-refractivity contribution in [1.82, 2.24) is 0 Å². The van der Waals surface area contributed by atoms with Crippen molar-refractivity contribution < 1.29 is 0 Å². The molecular formula is C22H29P. The highest BCUT2D eigenvalue weighted by Crippen LogP contribution is 2.51. The highest BCUT2D eigenvalue weighted by Gasteiger charge is 2.35. The van der Waals surface area contributed by atoms with Crippen LogP contribution in [0.2, 0.25) is 0 Å². The van der Waals surface area contributed by atoms with Gasteiger partial charge in [-0.3, -0.25) is 0 Å². The van der Waals surface area contributed by atoms with E-state index in [1.165, 1.54) is 19.3 Å². The molecule has 1 aliphatic rings. The molecular weight excluding hydrogens is 295 g/mol. The molecule has 3 atom stereocenters. The second-order valence-corrected chi connectivity index (χ2v) is 9.84. The Morgan fingerprint density at radius 1 is 0.826 bits per heavy atom. The number of hydrogen-bond donors (Lipinski definition) is 0. The zero-order chi connectivity index (χ0) is 16.2. The van der Waals surface area contributed by atoms with Gasteiger partial charge in [0.1, 0.15) is 0 Å². The molecule has 0 radical (unpaired) electrons. The first-order valence-electron chi connectivity index (χ1n) is 9.06. The van der Waals surface area contributed by atoms with Crippen molar-refractivity contribution in [1.29, 1.82) is 0 Å². The highest BCUT2D eigenvalue weighted by molar-refractivity contribution is 7.73. The van der Waals surface area contributed by atoms with Crippen LogP contribution in [0.4, 0.5) is 0 Å². The Labute approximate surface area is 143 Å². The van der Waals surface area contributed by atoms with Gasteiger partial charge in [-0.2, -0.15) is 0 Å². The summed E-state index contributed by atoms with van der Waals surface area (Å²) in [5.41, 5.74) is 0.816. The van der Waals surface area contributed by atoms with E-state index in [1.54, 1.807) is 10.6 Å². The second kappa shape index (κ2) is 7.63. The summed E-state index contributed by atoms with van der Waals surface area (Å²) in [6, 6.07) is 22.5. The molecule has 0 spiro atoms. The second-order valence-electron chi connectivity index (χ2n) is 7.40. The van der Waals surface area contributed by atoms with E-state index in [9.17, 15) is 0 Å². The lowest BCUT2D eigenvalue weighted by Gasteiger charge is -2.41. The highest BCUT2D eigenvalue weighted by atomic mass is 31.1. The zero-order valence-electron chi connectivity index (χ0n) is 14.7. The summed E-state index contributed by atoms with van der Waals surface area (Å²) < 4.78 is 0. The average molecular weight is 324 g/mol. The molecule has 0 N–H and O–H groups in total. The molecule has 0 heterocycles. The molecule has 0 aromatic heterocycles. The number of benzene rings is 2. The average Bonchev–Trinajstić information content (AvgIpc) is 2.58. The van der Waals surface area contributed by atoms with Crippen LogP contribution in [0.3, 0.4) is 0 Å². The van der Waals surface area contributed by atoms with Gasteiger partial charge < -0.3 is 0 Å². The van der Waals surface area contributed by atoms with E-state index < -0.39 is 0 Å². The molecule has 1 saturated carbocycles. The lowest BCUT2D eigenvalue weighted by molar-refractivity contribution is 0.240. The van der Waals surface area contributed by atoms with E-state index in [-0.39, 0.29) is 7.92 Å². The molecule has 3 rings (SSSR count). The van der Waals surface area contributed by atoms with E-state index in [0.29, 0.717) is 0 Å². The van der Waals surface area contributed by atoms with Crippen molar-refractivity contribution in [3.8, 4) is 0 Å². The molecule has 2 aromatic carbocycles. The van der Waals surface area contributed by atoms with Gasteiger partial charge in [0, 0.05) is 0 Å². The number of hydrogen-bond acceptors (Lipinski definition) is 0. The van der Waals surface area contributed by atoms with Gasteiger partial charge in [0.05, 0.1) is 0 Å². The predicted molar refractivity (Wildman–Crippen MR) is 104 cm³/mol. The van der Waals surface area contributed by atoms with Gasteiger partial charge in [0.15, 0.2) is 0 Å². The Morgan fingerprint density at radius 3 is 1.83 bits per heavy atom. The summed E-state index contributed by atoms with van der Waals surface area (Å²) in [6.45, 7) is 7.30. The first-order chi connectivity index (χ1) is 11.2. The maximum absolute atomic E-state index is 2.49. The monoisotopic (exact) mass is 324 g/mol. The minimum absolute atomic E-state index is 0.260. The lowest BCUT2D eigenvalue weighted by atomic mass is 9.77. The van der Waals surface area contributed by atoms with E-state index >= 15 is 0 Å². The summed E-state index contributed by atoms with van der Waals surface area (Å²) >= 11 is 0. The van der Waals surface area contributed by atoms with Crippen molar-refractivity contribution in [3.05, 3.63) is 60.7 Å². The Kier molecular flexibility index (Phi) is 5.54. The minimum atomic E-state index is -0.260. The predicted octanol–water partition coefficient (Wildman–Crippen LogP) is 5.58. The molecule has 23 heavy (non-hydrogen) atoms. The Balaban J connectivity index is 1.97. The van der Waals surface area contributed by atoms with Crippen LogP contribution in [-0.2, 0) is 0 Å². The van der Waals surface area contributed by atoms with Gasteiger partial charge in [0.2, 0.25) is 0 Å². The molecule has 0 aliphatic heterocycles. The van der Waals surface area contributed by atoms with Crippen molar-refractivity contribution in [2.24, 2.45) is 17.8 Å². The van der Waals surface area contributed by atoms with Crippen LogP contribution >= 0.6 is 7.92 Å². The molecule has 0 bridgehead atoms. The van der Waals surface area contributed by atoms with Gasteiger partial charge in [-0.05, 0) is 61.2 Å². The molecule has 1 heteroatoms. The van der Waals surface area contributed by atoms with Crippen LogP contribution in [0.25, 0.3) is 0 Å². The molecule has 1 fully saturated rings. The first-order valence-corrected chi connectivity index (χ1v) is 10.5. The SMILES string of the molecule is CC(C)[C@@H]1CC[C@@H](C)[C@H](P(c2ccccc2)c2ccccc2)C1. The van der Waals surface area contributed by atoms with Gasteiger partial charge in [0.25, 0.3) is 0 Å². The van der Waals surface area contributed by atoms with E-state index in [1.807, 2.05) is 0 Å². The summed E-state index contributed by atoms with van der Waals surface area (Å²) in [4.78, 5) is 0. The fourth-order valence-electron chi connectivity index (χ4n) is 4.00. The van der Waals surface area contributed by atoms with Crippen LogP contribution in [-0.4, -0.2) is 5.66 Å². The van der Waals surface area contributed by atoms with E-state index in [2.05, 4.69) is 81.4 Å². The molecule has 122 valence electrons. The topological polar surface area (TPSA) is 0 Å². The standard InChI is InChI=1S/C22H29P/c1-17(2)19-15-14-18(3)22(16-19)23(20-10-6-4-7-11-20)21-12-8-5-9-13-21/h4-13,17-19,22H,14-16H2,1-3H3/t18-,19-,22-/m1/s1. The van der Waals surface area contributed by atoms with Crippen LogP contribution in [0.5, 0.6) is 0 Å². The van der Waals surface area contributed by atoms with Gasteiger partial charge in [-0.15, -0.1) is 0 Å². The van der Waals surface area contributed by atoms with E-state index in [4.69, 9.17) is 0 Å². The molecule has 0 nitrogen and oxygen atoms in total. The third-order valence-corrected chi connectivity index (χ3v) is 8.63. The van der Waals surface area contributed by atoms with Gasteiger partial charge >= 0.3 is 0 Å². The Morgan fingerprint density at radius 2 is 1.35 bits per heavy atom. The number of rotatable bonds is 4. The summed E-state index contributed by atoms with van der Waals surface area (Å²) in [7, 11) is -0.260. The lowest BCUT2D eigenvalue weighted by Crippen LogP contribution is -2.34. The van der Waals surface area contributed by atoms with Crippen LogP contribution in [0.15, 0.2) is 60.7 Å². The minimum Gasteiger partial charge on any atom is -0.0625 e. The van der Waals surface area contributed by atoms with Crippen molar-refractivity contribution in [2.75, 3.05) is 0 Å². The molecule has 2 aromatic rings. The van der Waals surface area contributed by atoms with Gasteiger partial charge in [-0.1, -0.05) is 81.4 Å². The van der Waals surface area contributed by atoms with Crippen molar-refractivity contribution in [2.45, 2.75) is 45.7 Å². The fraction of sp³-hybridized carbons (Fsp3) is 0.455. The quantitative estimate of drug-likeness (QED) is 0.644. The first kappa shape index (κ1) is 16.7. The summed E-state index contributed by atoms with van der Waals surface area (Å²) in [6.07, 6.45) is 4.21. The summed E-state index contributed by atoms with van der Waals surface area (Å²) in [5, 5.41) is 3.10. The molecule has 0 saturated heterocycles.